The van der Waals surface area contributed by atoms with Gasteiger partial charge in [0.1, 0.15) is 6.04 Å². The summed E-state index contributed by atoms with van der Waals surface area (Å²) in [5, 5.41) is 7.87. The molecule has 0 amide bonds. The van der Waals surface area contributed by atoms with Crippen LogP contribution in [0.1, 0.15) is 47.4 Å². The fourth-order valence-electron chi connectivity index (χ4n) is 3.44. The molecule has 0 bridgehead atoms. The van der Waals surface area contributed by atoms with Crippen molar-refractivity contribution in [1.29, 1.82) is 0 Å². The Bertz CT molecular complexity index is 1050. The second-order valence-corrected chi connectivity index (χ2v) is 8.48. The first-order valence-corrected chi connectivity index (χ1v) is 10.5. The standard InChI is InChI=1S/C20H21N3O3S/c1-14-21-22-20(26-14)19(16-8-3-2-4-9-16)23-27(24,25)18-12-11-15-7-5-6-10-17(15)13-18/h2-4,8-9,11-13,19,23H,5-7,10H2,1H3. The number of aryl methyl sites for hydroxylation is 3. The normalized spacial score (nSPS) is 15.3. The van der Waals surface area contributed by atoms with Gasteiger partial charge in [-0.3, -0.25) is 0 Å². The van der Waals surface area contributed by atoms with Crippen LogP contribution < -0.4 is 4.72 Å². The number of hydrogen-bond donors (Lipinski definition) is 1. The predicted octanol–water partition coefficient (Wildman–Crippen LogP) is 3.32. The number of hydrogen-bond acceptors (Lipinski definition) is 5. The second kappa shape index (κ2) is 7.25. The van der Waals surface area contributed by atoms with E-state index in [1.54, 1.807) is 19.1 Å². The first kappa shape index (κ1) is 17.9. The lowest BCUT2D eigenvalue weighted by molar-refractivity contribution is 0.436. The van der Waals surface area contributed by atoms with Gasteiger partial charge in [-0.2, -0.15) is 4.72 Å². The van der Waals surface area contributed by atoms with Gasteiger partial charge < -0.3 is 4.42 Å². The third kappa shape index (κ3) is 3.79. The zero-order valence-electron chi connectivity index (χ0n) is 15.1. The Morgan fingerprint density at radius 2 is 1.74 bits per heavy atom. The van der Waals surface area contributed by atoms with E-state index in [0.29, 0.717) is 5.89 Å². The predicted molar refractivity (Wildman–Crippen MR) is 101 cm³/mol. The molecular formula is C20H21N3O3S. The summed E-state index contributed by atoms with van der Waals surface area (Å²) in [6.07, 6.45) is 4.18. The van der Waals surface area contributed by atoms with Crippen molar-refractivity contribution in [2.24, 2.45) is 0 Å². The van der Waals surface area contributed by atoms with E-state index in [0.717, 1.165) is 36.8 Å². The quantitative estimate of drug-likeness (QED) is 0.730. The second-order valence-electron chi connectivity index (χ2n) is 6.76. The Balaban J connectivity index is 1.70. The smallest absolute Gasteiger partial charge is 0.241 e. The van der Waals surface area contributed by atoms with E-state index in [1.165, 1.54) is 5.56 Å². The molecule has 6 nitrogen and oxygen atoms in total. The van der Waals surface area contributed by atoms with E-state index in [4.69, 9.17) is 4.42 Å². The highest BCUT2D eigenvalue weighted by Crippen LogP contribution is 2.27. The third-order valence-electron chi connectivity index (χ3n) is 4.82. The van der Waals surface area contributed by atoms with Gasteiger partial charge in [0.25, 0.3) is 0 Å². The first-order chi connectivity index (χ1) is 13.0. The van der Waals surface area contributed by atoms with Crippen LogP contribution in [0.25, 0.3) is 0 Å². The van der Waals surface area contributed by atoms with Crippen molar-refractivity contribution >= 4 is 10.0 Å². The number of aromatic nitrogens is 2. The Hall–Kier alpha value is -2.51. The summed E-state index contributed by atoms with van der Waals surface area (Å²) < 4.78 is 34.4. The van der Waals surface area contributed by atoms with E-state index < -0.39 is 16.1 Å². The molecule has 1 atom stereocenters. The molecule has 1 aromatic heterocycles. The molecule has 0 radical (unpaired) electrons. The minimum Gasteiger partial charge on any atom is -0.423 e. The molecule has 4 rings (SSSR count). The van der Waals surface area contributed by atoms with E-state index in [1.807, 2.05) is 36.4 Å². The summed E-state index contributed by atoms with van der Waals surface area (Å²) in [5.74, 6) is 0.610. The van der Waals surface area contributed by atoms with Crippen LogP contribution in [0.5, 0.6) is 0 Å². The maximum atomic E-state index is 13.1. The lowest BCUT2D eigenvalue weighted by atomic mass is 9.92. The summed E-state index contributed by atoms with van der Waals surface area (Å²) in [5.41, 5.74) is 3.10. The molecule has 1 aliphatic rings. The van der Waals surface area contributed by atoms with Crippen LogP contribution >= 0.6 is 0 Å². The highest BCUT2D eigenvalue weighted by atomic mass is 32.2. The lowest BCUT2D eigenvalue weighted by Crippen LogP contribution is -2.30. The van der Waals surface area contributed by atoms with Gasteiger partial charge in [-0.1, -0.05) is 36.4 Å². The number of sulfonamides is 1. The molecule has 140 valence electrons. The topological polar surface area (TPSA) is 85.1 Å². The summed E-state index contributed by atoms with van der Waals surface area (Å²) >= 11 is 0. The van der Waals surface area contributed by atoms with Crippen LogP contribution in [0.3, 0.4) is 0 Å². The Kier molecular flexibility index (Phi) is 4.80. The Morgan fingerprint density at radius 1 is 1.00 bits per heavy atom. The summed E-state index contributed by atoms with van der Waals surface area (Å²) in [7, 11) is -3.76. The highest BCUT2D eigenvalue weighted by molar-refractivity contribution is 7.89. The van der Waals surface area contributed by atoms with Gasteiger partial charge in [0.15, 0.2) is 0 Å². The van der Waals surface area contributed by atoms with Crippen molar-refractivity contribution in [2.45, 2.75) is 43.5 Å². The van der Waals surface area contributed by atoms with Gasteiger partial charge in [0.2, 0.25) is 21.8 Å². The Morgan fingerprint density at radius 3 is 2.44 bits per heavy atom. The SMILES string of the molecule is Cc1nnc(C(NS(=O)(=O)c2ccc3c(c2)CCCC3)c2ccccc2)o1. The molecule has 0 saturated heterocycles. The molecule has 1 aliphatic carbocycles. The number of benzene rings is 2. The first-order valence-electron chi connectivity index (χ1n) is 9.02. The third-order valence-corrected chi connectivity index (χ3v) is 6.25. The summed E-state index contributed by atoms with van der Waals surface area (Å²) in [4.78, 5) is 0.264. The molecule has 7 heteroatoms. The molecule has 0 aliphatic heterocycles. The number of nitrogens with zero attached hydrogens (tertiary/aromatic N) is 2. The van der Waals surface area contributed by atoms with Gasteiger partial charge in [0, 0.05) is 6.92 Å². The summed E-state index contributed by atoms with van der Waals surface area (Å²) in [6.45, 7) is 1.68. The zero-order valence-corrected chi connectivity index (χ0v) is 15.9. The molecule has 0 saturated carbocycles. The monoisotopic (exact) mass is 383 g/mol. The average molecular weight is 383 g/mol. The highest BCUT2D eigenvalue weighted by Gasteiger charge is 2.27. The van der Waals surface area contributed by atoms with Gasteiger partial charge in [-0.15, -0.1) is 10.2 Å². The van der Waals surface area contributed by atoms with Crippen LogP contribution in [-0.4, -0.2) is 18.6 Å². The molecular weight excluding hydrogens is 362 g/mol. The lowest BCUT2D eigenvalue weighted by Gasteiger charge is -2.19. The van der Waals surface area contributed by atoms with Crippen molar-refractivity contribution in [3.05, 3.63) is 77.0 Å². The average Bonchev–Trinajstić information content (AvgIpc) is 3.12. The van der Waals surface area contributed by atoms with Gasteiger partial charge in [-0.25, -0.2) is 8.42 Å². The minimum absolute atomic E-state index is 0.222. The fraction of sp³-hybridized carbons (Fsp3) is 0.300. The van der Waals surface area contributed by atoms with Crippen molar-refractivity contribution < 1.29 is 12.8 Å². The van der Waals surface area contributed by atoms with Crippen molar-refractivity contribution in [3.63, 3.8) is 0 Å². The van der Waals surface area contributed by atoms with Crippen molar-refractivity contribution in [1.82, 2.24) is 14.9 Å². The zero-order chi connectivity index (χ0) is 18.9. The molecule has 1 heterocycles. The van der Waals surface area contributed by atoms with Crippen LogP contribution in [0.15, 0.2) is 57.8 Å². The molecule has 1 unspecified atom stereocenters. The van der Waals surface area contributed by atoms with Gasteiger partial charge >= 0.3 is 0 Å². The van der Waals surface area contributed by atoms with E-state index in [2.05, 4.69) is 14.9 Å². The van der Waals surface area contributed by atoms with Crippen LogP contribution in [0.2, 0.25) is 0 Å². The molecule has 0 fully saturated rings. The molecule has 0 spiro atoms. The number of nitrogens with one attached hydrogen (secondary N) is 1. The maximum Gasteiger partial charge on any atom is 0.241 e. The maximum absolute atomic E-state index is 13.1. The van der Waals surface area contributed by atoms with Crippen LogP contribution in [0.4, 0.5) is 0 Å². The fourth-order valence-corrected chi connectivity index (χ4v) is 4.66. The van der Waals surface area contributed by atoms with Crippen molar-refractivity contribution in [2.75, 3.05) is 0 Å². The largest absolute Gasteiger partial charge is 0.423 e. The van der Waals surface area contributed by atoms with E-state index in [-0.39, 0.29) is 10.8 Å². The van der Waals surface area contributed by atoms with Crippen molar-refractivity contribution in [3.8, 4) is 0 Å². The molecule has 27 heavy (non-hydrogen) atoms. The number of fused-ring (bicyclic) bond motifs is 1. The minimum atomic E-state index is -3.76. The van der Waals surface area contributed by atoms with E-state index >= 15 is 0 Å². The Labute approximate surface area is 158 Å². The molecule has 3 aromatic rings. The van der Waals surface area contributed by atoms with E-state index in [9.17, 15) is 8.42 Å². The number of rotatable bonds is 5. The van der Waals surface area contributed by atoms with Crippen LogP contribution in [0, 0.1) is 6.92 Å². The van der Waals surface area contributed by atoms with Gasteiger partial charge in [0.05, 0.1) is 4.90 Å². The summed E-state index contributed by atoms with van der Waals surface area (Å²) in [6, 6.07) is 13.9. The van der Waals surface area contributed by atoms with Crippen LogP contribution in [-0.2, 0) is 22.9 Å². The molecule has 2 aromatic carbocycles. The molecule has 1 N–H and O–H groups in total. The van der Waals surface area contributed by atoms with Gasteiger partial charge in [-0.05, 0) is 54.5 Å².